The van der Waals surface area contributed by atoms with Crippen LogP contribution in [-0.2, 0) is 0 Å². The molecule has 1 N–H and O–H groups in total. The van der Waals surface area contributed by atoms with E-state index in [0.717, 1.165) is 22.5 Å². The van der Waals surface area contributed by atoms with Gasteiger partial charge in [-0.05, 0) is 33.6 Å². The van der Waals surface area contributed by atoms with Gasteiger partial charge >= 0.3 is 0 Å². The van der Waals surface area contributed by atoms with Crippen molar-refractivity contribution in [3.8, 4) is 28.1 Å². The zero-order valence-corrected chi connectivity index (χ0v) is 13.6. The Kier molecular flexibility index (Phi) is 3.35. The van der Waals surface area contributed by atoms with Crippen molar-refractivity contribution in [1.82, 2.24) is 14.6 Å². The highest BCUT2D eigenvalue weighted by molar-refractivity contribution is 9.10. The first-order valence-corrected chi connectivity index (χ1v) is 7.91. The van der Waals surface area contributed by atoms with Crippen molar-refractivity contribution in [2.45, 2.75) is 0 Å². The fourth-order valence-electron chi connectivity index (χ4n) is 2.67. The van der Waals surface area contributed by atoms with Crippen LogP contribution in [0.5, 0.6) is 5.75 Å². The lowest BCUT2D eigenvalue weighted by molar-refractivity contribution is 0.473. The Bertz CT molecular complexity index is 996. The molecule has 0 aliphatic heterocycles. The highest BCUT2D eigenvalue weighted by atomic mass is 79.9. The second kappa shape index (κ2) is 5.52. The van der Waals surface area contributed by atoms with Gasteiger partial charge in [-0.25, -0.2) is 9.50 Å². The number of rotatable bonds is 2. The number of aromatic hydroxyl groups is 1. The maximum absolute atomic E-state index is 10.5. The lowest BCUT2D eigenvalue weighted by atomic mass is 10.00. The molecular formula is C18H12BrN3O. The molecule has 0 fully saturated rings. The average Bonchev–Trinajstić information content (AvgIpc) is 3.06. The third-order valence-corrected chi connectivity index (χ3v) is 4.38. The molecule has 0 spiro atoms. The monoisotopic (exact) mass is 365 g/mol. The predicted octanol–water partition coefficient (Wildman–Crippen LogP) is 4.53. The van der Waals surface area contributed by atoms with Gasteiger partial charge in [0.1, 0.15) is 5.75 Å². The Balaban J connectivity index is 2.11. The first-order valence-electron chi connectivity index (χ1n) is 7.12. The van der Waals surface area contributed by atoms with E-state index in [1.54, 1.807) is 10.7 Å². The third kappa shape index (κ3) is 2.29. The largest absolute Gasteiger partial charge is 0.506 e. The van der Waals surface area contributed by atoms with Crippen molar-refractivity contribution in [2.75, 3.05) is 0 Å². The topological polar surface area (TPSA) is 50.4 Å². The second-order valence-corrected chi connectivity index (χ2v) is 5.98. The van der Waals surface area contributed by atoms with Crippen LogP contribution >= 0.6 is 15.9 Å². The summed E-state index contributed by atoms with van der Waals surface area (Å²) < 4.78 is 2.40. The van der Waals surface area contributed by atoms with Crippen LogP contribution in [0.15, 0.2) is 71.5 Å². The SMILES string of the molecule is Oc1c(Br)cccc1-c1c(-c2ccccc2)cnc2ccnn12. The fourth-order valence-corrected chi connectivity index (χ4v) is 3.03. The number of hydrogen-bond donors (Lipinski definition) is 1. The van der Waals surface area contributed by atoms with Gasteiger partial charge in [0.15, 0.2) is 5.65 Å². The summed E-state index contributed by atoms with van der Waals surface area (Å²) >= 11 is 3.38. The normalized spacial score (nSPS) is 11.0. The number of fused-ring (bicyclic) bond motifs is 1. The van der Waals surface area contributed by atoms with Crippen molar-refractivity contribution in [3.05, 3.63) is 71.5 Å². The molecule has 2 heterocycles. The summed E-state index contributed by atoms with van der Waals surface area (Å²) in [6.45, 7) is 0. The predicted molar refractivity (Wildman–Crippen MR) is 93.2 cm³/mol. The number of phenols is 1. The number of para-hydroxylation sites is 1. The van der Waals surface area contributed by atoms with E-state index >= 15 is 0 Å². The summed E-state index contributed by atoms with van der Waals surface area (Å²) in [5.74, 6) is 0.188. The number of halogens is 1. The maximum Gasteiger partial charge on any atom is 0.155 e. The first kappa shape index (κ1) is 14.0. The van der Waals surface area contributed by atoms with Crippen LogP contribution < -0.4 is 0 Å². The van der Waals surface area contributed by atoms with Gasteiger partial charge in [0.05, 0.1) is 16.4 Å². The molecule has 0 amide bonds. The molecule has 0 radical (unpaired) electrons. The van der Waals surface area contributed by atoms with Crippen LogP contribution in [0.2, 0.25) is 0 Å². The van der Waals surface area contributed by atoms with Crippen LogP contribution in [0.3, 0.4) is 0 Å². The molecule has 2 aromatic heterocycles. The summed E-state index contributed by atoms with van der Waals surface area (Å²) in [7, 11) is 0. The molecular weight excluding hydrogens is 354 g/mol. The van der Waals surface area contributed by atoms with Crippen LogP contribution in [0.4, 0.5) is 0 Å². The zero-order valence-electron chi connectivity index (χ0n) is 12.0. The number of benzene rings is 2. The summed E-state index contributed by atoms with van der Waals surface area (Å²) in [4.78, 5) is 4.46. The Labute approximate surface area is 141 Å². The molecule has 4 rings (SSSR count). The summed E-state index contributed by atoms with van der Waals surface area (Å²) in [5.41, 5.74) is 4.18. The Hall–Kier alpha value is -2.66. The van der Waals surface area contributed by atoms with Crippen molar-refractivity contribution in [3.63, 3.8) is 0 Å². The molecule has 5 heteroatoms. The van der Waals surface area contributed by atoms with Gasteiger partial charge in [-0.3, -0.25) is 0 Å². The third-order valence-electron chi connectivity index (χ3n) is 3.74. The van der Waals surface area contributed by atoms with Gasteiger partial charge in [-0.1, -0.05) is 36.4 Å². The highest BCUT2D eigenvalue weighted by Gasteiger charge is 2.17. The van der Waals surface area contributed by atoms with E-state index in [9.17, 15) is 5.11 Å². The summed E-state index contributed by atoms with van der Waals surface area (Å²) in [5, 5.41) is 14.9. The van der Waals surface area contributed by atoms with E-state index in [-0.39, 0.29) is 5.75 Å². The van der Waals surface area contributed by atoms with E-state index in [0.29, 0.717) is 10.0 Å². The summed E-state index contributed by atoms with van der Waals surface area (Å²) in [6.07, 6.45) is 3.53. The van der Waals surface area contributed by atoms with Crippen LogP contribution in [0, 0.1) is 0 Å². The highest BCUT2D eigenvalue weighted by Crippen LogP contribution is 2.39. The molecule has 4 nitrogen and oxygen atoms in total. The second-order valence-electron chi connectivity index (χ2n) is 5.12. The minimum absolute atomic E-state index is 0.188. The van der Waals surface area contributed by atoms with Gasteiger partial charge in [-0.2, -0.15) is 5.10 Å². The maximum atomic E-state index is 10.5. The minimum Gasteiger partial charge on any atom is -0.506 e. The molecule has 2 aromatic carbocycles. The molecule has 0 bridgehead atoms. The van der Waals surface area contributed by atoms with Crippen LogP contribution in [0.1, 0.15) is 0 Å². The quantitative estimate of drug-likeness (QED) is 0.567. The van der Waals surface area contributed by atoms with Crippen molar-refractivity contribution >= 4 is 21.6 Å². The molecule has 0 aliphatic rings. The molecule has 0 atom stereocenters. The van der Waals surface area contributed by atoms with Gasteiger partial charge in [0.25, 0.3) is 0 Å². The van der Waals surface area contributed by atoms with Gasteiger partial charge in [0, 0.05) is 23.4 Å². The molecule has 23 heavy (non-hydrogen) atoms. The molecule has 0 saturated heterocycles. The van der Waals surface area contributed by atoms with E-state index < -0.39 is 0 Å². The van der Waals surface area contributed by atoms with E-state index in [1.807, 2.05) is 60.8 Å². The molecule has 0 aliphatic carbocycles. The lowest BCUT2D eigenvalue weighted by Gasteiger charge is -2.13. The zero-order chi connectivity index (χ0) is 15.8. The van der Waals surface area contributed by atoms with Gasteiger partial charge in [0.2, 0.25) is 0 Å². The number of hydrogen-bond acceptors (Lipinski definition) is 3. The van der Waals surface area contributed by atoms with Gasteiger partial charge < -0.3 is 5.11 Å². The number of nitrogens with zero attached hydrogens (tertiary/aromatic N) is 3. The molecule has 0 saturated carbocycles. The smallest absolute Gasteiger partial charge is 0.155 e. The van der Waals surface area contributed by atoms with Crippen LogP contribution in [-0.4, -0.2) is 19.7 Å². The van der Waals surface area contributed by atoms with Crippen molar-refractivity contribution in [1.29, 1.82) is 0 Å². The van der Waals surface area contributed by atoms with Crippen LogP contribution in [0.25, 0.3) is 28.0 Å². The van der Waals surface area contributed by atoms with Gasteiger partial charge in [-0.15, -0.1) is 0 Å². The minimum atomic E-state index is 0.188. The van der Waals surface area contributed by atoms with Crippen molar-refractivity contribution in [2.24, 2.45) is 0 Å². The van der Waals surface area contributed by atoms with E-state index in [1.165, 1.54) is 0 Å². The van der Waals surface area contributed by atoms with Crippen molar-refractivity contribution < 1.29 is 5.11 Å². The summed E-state index contributed by atoms with van der Waals surface area (Å²) in [6, 6.07) is 17.4. The van der Waals surface area contributed by atoms with E-state index in [2.05, 4.69) is 26.0 Å². The Morgan fingerprint density at radius 1 is 0.913 bits per heavy atom. The standard InChI is InChI=1S/C18H12BrN3O/c19-15-8-4-7-13(18(15)23)17-14(12-5-2-1-3-6-12)11-20-16-9-10-21-22(16)17/h1-11,23H. The first-order chi connectivity index (χ1) is 11.3. The van der Waals surface area contributed by atoms with E-state index in [4.69, 9.17) is 0 Å². The number of phenolic OH excluding ortho intramolecular Hbond substituents is 1. The molecule has 112 valence electrons. The molecule has 4 aromatic rings. The average molecular weight is 366 g/mol. The Morgan fingerprint density at radius 3 is 2.57 bits per heavy atom. The fraction of sp³-hybridized carbons (Fsp3) is 0. The Morgan fingerprint density at radius 2 is 1.74 bits per heavy atom. The molecule has 0 unspecified atom stereocenters. The number of aromatic nitrogens is 3. The lowest BCUT2D eigenvalue weighted by Crippen LogP contribution is -1.99.